The van der Waals surface area contributed by atoms with E-state index in [9.17, 15) is 0 Å². The average Bonchev–Trinajstić information content (AvgIpc) is 2.97. The standard InChI is InChI=1S/C22H32ClN/c1-2-3-4-5-6-7-8-9-11-17-14-15-21-19(16-17)18-12-10-13-20(23)22(18)24-21/h10,12-13,17,24H,2-9,11,14-16H2,1H3. The summed E-state index contributed by atoms with van der Waals surface area (Å²) < 4.78 is 0. The zero-order valence-electron chi connectivity index (χ0n) is 15.2. The molecule has 132 valence electrons. The van der Waals surface area contributed by atoms with Crippen LogP contribution in [0.3, 0.4) is 0 Å². The van der Waals surface area contributed by atoms with E-state index in [4.69, 9.17) is 11.6 Å². The second-order valence-corrected chi connectivity index (χ2v) is 8.02. The molecule has 0 spiro atoms. The second kappa shape index (κ2) is 8.94. The summed E-state index contributed by atoms with van der Waals surface area (Å²) in [6.45, 7) is 2.29. The smallest absolute Gasteiger partial charge is 0.0648 e. The number of aryl methyl sites for hydroxylation is 1. The molecule has 2 aromatic rings. The molecular weight excluding hydrogens is 314 g/mol. The van der Waals surface area contributed by atoms with Gasteiger partial charge in [0, 0.05) is 11.1 Å². The molecule has 3 rings (SSSR count). The Hall–Kier alpha value is -0.950. The van der Waals surface area contributed by atoms with Gasteiger partial charge in [0.1, 0.15) is 0 Å². The van der Waals surface area contributed by atoms with E-state index >= 15 is 0 Å². The number of aromatic amines is 1. The lowest BCUT2D eigenvalue weighted by Crippen LogP contribution is -2.13. The molecule has 1 heterocycles. The molecule has 0 saturated carbocycles. The molecule has 1 nitrogen and oxygen atoms in total. The maximum atomic E-state index is 6.35. The van der Waals surface area contributed by atoms with E-state index in [1.54, 1.807) is 5.56 Å². The minimum absolute atomic E-state index is 0.863. The number of para-hydroxylation sites is 1. The molecule has 1 atom stereocenters. The topological polar surface area (TPSA) is 15.8 Å². The highest BCUT2D eigenvalue weighted by atomic mass is 35.5. The molecule has 0 aliphatic heterocycles. The van der Waals surface area contributed by atoms with Crippen LogP contribution in [-0.2, 0) is 12.8 Å². The number of hydrogen-bond donors (Lipinski definition) is 1. The van der Waals surface area contributed by atoms with Crippen LogP contribution in [0.4, 0.5) is 0 Å². The molecule has 1 aromatic carbocycles. The first-order valence-electron chi connectivity index (χ1n) is 10.1. The molecule has 0 amide bonds. The minimum Gasteiger partial charge on any atom is -0.357 e. The number of rotatable bonds is 9. The van der Waals surface area contributed by atoms with E-state index in [1.807, 2.05) is 6.07 Å². The Balaban J connectivity index is 1.44. The highest BCUT2D eigenvalue weighted by molar-refractivity contribution is 6.35. The van der Waals surface area contributed by atoms with E-state index in [1.165, 1.54) is 88.1 Å². The molecule has 1 aliphatic rings. The summed E-state index contributed by atoms with van der Waals surface area (Å²) in [5.41, 5.74) is 4.13. The van der Waals surface area contributed by atoms with Gasteiger partial charge in [0.15, 0.2) is 0 Å². The van der Waals surface area contributed by atoms with Crippen molar-refractivity contribution < 1.29 is 0 Å². The normalized spacial score (nSPS) is 17.3. The van der Waals surface area contributed by atoms with Crippen LogP contribution in [0.1, 0.15) is 82.4 Å². The zero-order valence-corrected chi connectivity index (χ0v) is 15.9. The highest BCUT2D eigenvalue weighted by Gasteiger charge is 2.22. The van der Waals surface area contributed by atoms with Gasteiger partial charge >= 0.3 is 0 Å². The summed E-state index contributed by atoms with van der Waals surface area (Å²) in [7, 11) is 0. The third kappa shape index (κ3) is 4.36. The van der Waals surface area contributed by atoms with Gasteiger partial charge in [-0.25, -0.2) is 0 Å². The first kappa shape index (κ1) is 17.9. The average molecular weight is 346 g/mol. The number of hydrogen-bond acceptors (Lipinski definition) is 0. The Kier molecular flexibility index (Phi) is 6.66. The van der Waals surface area contributed by atoms with Gasteiger partial charge in [-0.1, -0.05) is 88.4 Å². The first-order chi connectivity index (χ1) is 11.8. The van der Waals surface area contributed by atoms with E-state index < -0.39 is 0 Å². The quantitative estimate of drug-likeness (QED) is 0.454. The van der Waals surface area contributed by atoms with Crippen LogP contribution in [-0.4, -0.2) is 4.98 Å². The fraction of sp³-hybridized carbons (Fsp3) is 0.636. The number of aromatic nitrogens is 1. The van der Waals surface area contributed by atoms with Gasteiger partial charge in [-0.15, -0.1) is 0 Å². The molecule has 1 N–H and O–H groups in total. The maximum absolute atomic E-state index is 6.35. The molecule has 1 aromatic heterocycles. The molecule has 1 unspecified atom stereocenters. The summed E-state index contributed by atoms with van der Waals surface area (Å²) in [5, 5.41) is 2.22. The van der Waals surface area contributed by atoms with Crippen molar-refractivity contribution in [2.75, 3.05) is 0 Å². The lowest BCUT2D eigenvalue weighted by atomic mass is 9.83. The number of H-pyrrole nitrogens is 1. The summed E-state index contributed by atoms with van der Waals surface area (Å²) >= 11 is 6.35. The van der Waals surface area contributed by atoms with Gasteiger partial charge in [0.2, 0.25) is 0 Å². The fourth-order valence-electron chi connectivity index (χ4n) is 4.29. The number of halogens is 1. The van der Waals surface area contributed by atoms with Crippen molar-refractivity contribution in [2.45, 2.75) is 84.0 Å². The highest BCUT2D eigenvalue weighted by Crippen LogP contribution is 2.36. The molecule has 1 aliphatic carbocycles. The Bertz CT molecular complexity index is 643. The van der Waals surface area contributed by atoms with Crippen molar-refractivity contribution >= 4 is 22.5 Å². The van der Waals surface area contributed by atoms with E-state index in [2.05, 4.69) is 24.0 Å². The van der Waals surface area contributed by atoms with Gasteiger partial charge < -0.3 is 4.98 Å². The van der Waals surface area contributed by atoms with Crippen LogP contribution in [0.15, 0.2) is 18.2 Å². The first-order valence-corrected chi connectivity index (χ1v) is 10.4. The van der Waals surface area contributed by atoms with Crippen LogP contribution in [0.25, 0.3) is 10.9 Å². The lowest BCUT2D eigenvalue weighted by Gasteiger charge is -2.22. The fourth-order valence-corrected chi connectivity index (χ4v) is 4.51. The van der Waals surface area contributed by atoms with Crippen molar-refractivity contribution in [3.63, 3.8) is 0 Å². The third-order valence-electron chi connectivity index (χ3n) is 5.74. The second-order valence-electron chi connectivity index (χ2n) is 7.62. The van der Waals surface area contributed by atoms with Crippen molar-refractivity contribution in [3.8, 4) is 0 Å². The Morgan fingerprint density at radius 1 is 1.04 bits per heavy atom. The van der Waals surface area contributed by atoms with Gasteiger partial charge in [0.05, 0.1) is 10.5 Å². The maximum Gasteiger partial charge on any atom is 0.0648 e. The lowest BCUT2D eigenvalue weighted by molar-refractivity contribution is 0.403. The van der Waals surface area contributed by atoms with Gasteiger partial charge in [-0.3, -0.25) is 0 Å². The Labute approximate surface area is 152 Å². The molecular formula is C22H32ClN. The molecule has 0 bridgehead atoms. The van der Waals surface area contributed by atoms with Crippen molar-refractivity contribution in [1.29, 1.82) is 0 Å². The minimum atomic E-state index is 0.863. The van der Waals surface area contributed by atoms with Crippen LogP contribution in [0.2, 0.25) is 5.02 Å². The third-order valence-corrected chi connectivity index (χ3v) is 6.06. The van der Waals surface area contributed by atoms with Crippen molar-refractivity contribution in [2.24, 2.45) is 5.92 Å². The summed E-state index contributed by atoms with van der Waals surface area (Å²) in [6.07, 6.45) is 16.5. The van der Waals surface area contributed by atoms with E-state index in [0.29, 0.717) is 0 Å². The van der Waals surface area contributed by atoms with Crippen LogP contribution in [0.5, 0.6) is 0 Å². The largest absolute Gasteiger partial charge is 0.357 e. The Morgan fingerprint density at radius 2 is 1.79 bits per heavy atom. The van der Waals surface area contributed by atoms with Crippen molar-refractivity contribution in [3.05, 3.63) is 34.5 Å². The molecule has 0 radical (unpaired) electrons. The van der Waals surface area contributed by atoms with Crippen LogP contribution < -0.4 is 0 Å². The van der Waals surface area contributed by atoms with E-state index in [0.717, 1.165) is 16.5 Å². The van der Waals surface area contributed by atoms with Crippen LogP contribution >= 0.6 is 11.6 Å². The number of nitrogens with one attached hydrogen (secondary N) is 1. The van der Waals surface area contributed by atoms with Gasteiger partial charge in [-0.2, -0.15) is 0 Å². The van der Waals surface area contributed by atoms with Crippen molar-refractivity contribution in [1.82, 2.24) is 4.98 Å². The molecule has 0 saturated heterocycles. The number of benzene rings is 1. The number of unbranched alkanes of at least 4 members (excludes halogenated alkanes) is 7. The Morgan fingerprint density at radius 3 is 2.58 bits per heavy atom. The van der Waals surface area contributed by atoms with Gasteiger partial charge in [-0.05, 0) is 36.8 Å². The van der Waals surface area contributed by atoms with E-state index in [-0.39, 0.29) is 0 Å². The predicted molar refractivity (Wildman–Crippen MR) is 106 cm³/mol. The monoisotopic (exact) mass is 345 g/mol. The van der Waals surface area contributed by atoms with Gasteiger partial charge in [0.25, 0.3) is 0 Å². The summed E-state index contributed by atoms with van der Waals surface area (Å²) in [4.78, 5) is 3.57. The molecule has 2 heteroatoms. The summed E-state index contributed by atoms with van der Waals surface area (Å²) in [6, 6.07) is 6.31. The number of fused-ring (bicyclic) bond motifs is 3. The predicted octanol–water partition coefficient (Wildman–Crippen LogP) is 7.46. The SMILES string of the molecule is CCCCCCCCCCC1CCc2[nH]c3c(Cl)cccc3c2C1. The van der Waals surface area contributed by atoms with Crippen LogP contribution in [0, 0.1) is 5.92 Å². The zero-order chi connectivity index (χ0) is 16.8. The molecule has 24 heavy (non-hydrogen) atoms. The summed E-state index contributed by atoms with van der Waals surface area (Å²) in [5.74, 6) is 0.871. The molecule has 0 fully saturated rings.